The third-order valence-corrected chi connectivity index (χ3v) is 3.33. The fraction of sp³-hybridized carbons (Fsp3) is 0.500. The van der Waals surface area contributed by atoms with Gasteiger partial charge in [-0.15, -0.1) is 0 Å². The van der Waals surface area contributed by atoms with Crippen LogP contribution in [0.25, 0.3) is 0 Å². The Kier molecular flexibility index (Phi) is 4.14. The van der Waals surface area contributed by atoms with Crippen molar-refractivity contribution in [2.24, 2.45) is 5.73 Å². The van der Waals surface area contributed by atoms with Gasteiger partial charge in [-0.3, -0.25) is 4.79 Å². The lowest BCUT2D eigenvalue weighted by Crippen LogP contribution is -2.35. The number of halogens is 2. The van der Waals surface area contributed by atoms with E-state index in [4.69, 9.17) is 5.73 Å². The van der Waals surface area contributed by atoms with Gasteiger partial charge in [0.1, 0.15) is 11.6 Å². The van der Waals surface area contributed by atoms with Crippen LogP contribution >= 0.6 is 0 Å². The molecule has 2 N–H and O–H groups in total. The summed E-state index contributed by atoms with van der Waals surface area (Å²) in [7, 11) is 0. The van der Waals surface area contributed by atoms with Gasteiger partial charge >= 0.3 is 0 Å². The number of amides is 1. The van der Waals surface area contributed by atoms with Crippen LogP contribution in [0.5, 0.6) is 0 Å². The number of hydrogen-bond acceptors (Lipinski definition) is 2. The minimum Gasteiger partial charge on any atom is -0.336 e. The molecule has 1 aromatic rings. The molecule has 0 bridgehead atoms. The SMILES string of the molecule is Cc1cc(C(=O)N(CCCN)C2CC2)c(F)cc1F. The highest BCUT2D eigenvalue weighted by Crippen LogP contribution is 2.29. The predicted octanol–water partition coefficient (Wildman–Crippen LogP) is 2.23. The molecule has 1 aromatic carbocycles. The molecule has 0 saturated heterocycles. The van der Waals surface area contributed by atoms with Crippen molar-refractivity contribution < 1.29 is 13.6 Å². The zero-order valence-corrected chi connectivity index (χ0v) is 11.0. The molecule has 0 aliphatic heterocycles. The number of benzene rings is 1. The van der Waals surface area contributed by atoms with E-state index in [1.807, 2.05) is 0 Å². The van der Waals surface area contributed by atoms with Crippen molar-refractivity contribution in [1.82, 2.24) is 4.90 Å². The summed E-state index contributed by atoms with van der Waals surface area (Å²) in [6, 6.07) is 2.24. The third-order valence-electron chi connectivity index (χ3n) is 3.33. The molecule has 0 aromatic heterocycles. The largest absolute Gasteiger partial charge is 0.336 e. The molecule has 104 valence electrons. The number of carbonyl (C=O) groups excluding carboxylic acids is 1. The average Bonchev–Trinajstić information content (AvgIpc) is 3.18. The topological polar surface area (TPSA) is 46.3 Å². The smallest absolute Gasteiger partial charge is 0.257 e. The van der Waals surface area contributed by atoms with Crippen LogP contribution in [0.1, 0.15) is 35.2 Å². The molecule has 19 heavy (non-hydrogen) atoms. The molecule has 0 atom stereocenters. The maximum atomic E-state index is 13.7. The van der Waals surface area contributed by atoms with E-state index in [-0.39, 0.29) is 23.1 Å². The van der Waals surface area contributed by atoms with Gasteiger partial charge in [0, 0.05) is 18.7 Å². The Balaban J connectivity index is 2.23. The number of nitrogens with zero attached hydrogens (tertiary/aromatic N) is 1. The van der Waals surface area contributed by atoms with Gasteiger partial charge in [-0.2, -0.15) is 0 Å². The molecular formula is C14H18F2N2O. The van der Waals surface area contributed by atoms with Crippen LogP contribution in [0.3, 0.4) is 0 Å². The Morgan fingerprint density at radius 1 is 1.37 bits per heavy atom. The fourth-order valence-electron chi connectivity index (χ4n) is 2.07. The number of rotatable bonds is 5. The van der Waals surface area contributed by atoms with Gasteiger partial charge in [-0.1, -0.05) is 0 Å². The summed E-state index contributed by atoms with van der Waals surface area (Å²) in [6.45, 7) is 2.53. The predicted molar refractivity (Wildman–Crippen MR) is 68.8 cm³/mol. The van der Waals surface area contributed by atoms with Crippen LogP contribution < -0.4 is 5.73 Å². The summed E-state index contributed by atoms with van der Waals surface area (Å²) in [5.74, 6) is -1.79. The second-order valence-corrected chi connectivity index (χ2v) is 4.95. The van der Waals surface area contributed by atoms with Crippen molar-refractivity contribution in [2.75, 3.05) is 13.1 Å². The van der Waals surface area contributed by atoms with E-state index in [0.717, 1.165) is 18.9 Å². The highest BCUT2D eigenvalue weighted by molar-refractivity contribution is 5.95. The first-order chi connectivity index (χ1) is 9.04. The van der Waals surface area contributed by atoms with Gasteiger partial charge in [-0.25, -0.2) is 8.78 Å². The quantitative estimate of drug-likeness (QED) is 0.890. The zero-order valence-electron chi connectivity index (χ0n) is 11.0. The first-order valence-electron chi connectivity index (χ1n) is 6.51. The van der Waals surface area contributed by atoms with Crippen LogP contribution in [-0.2, 0) is 0 Å². The molecule has 0 spiro atoms. The van der Waals surface area contributed by atoms with Crippen molar-refractivity contribution in [3.63, 3.8) is 0 Å². The van der Waals surface area contributed by atoms with Gasteiger partial charge in [0.25, 0.3) is 5.91 Å². The van der Waals surface area contributed by atoms with Crippen LogP contribution in [0.4, 0.5) is 8.78 Å². The molecular weight excluding hydrogens is 250 g/mol. The highest BCUT2D eigenvalue weighted by atomic mass is 19.1. The molecule has 0 unspecified atom stereocenters. The second-order valence-electron chi connectivity index (χ2n) is 4.95. The van der Waals surface area contributed by atoms with Gasteiger partial charge in [0.05, 0.1) is 5.56 Å². The fourth-order valence-corrected chi connectivity index (χ4v) is 2.07. The zero-order chi connectivity index (χ0) is 14.0. The lowest BCUT2D eigenvalue weighted by molar-refractivity contribution is 0.0737. The van der Waals surface area contributed by atoms with Crippen LogP contribution in [-0.4, -0.2) is 29.9 Å². The number of aryl methyl sites for hydroxylation is 1. The summed E-state index contributed by atoms with van der Waals surface area (Å²) in [6.07, 6.45) is 2.57. The third kappa shape index (κ3) is 3.10. The molecule has 1 aliphatic carbocycles. The van der Waals surface area contributed by atoms with E-state index in [2.05, 4.69) is 0 Å². The first-order valence-corrected chi connectivity index (χ1v) is 6.51. The molecule has 1 aliphatic rings. The van der Waals surface area contributed by atoms with Crippen LogP contribution in [0.2, 0.25) is 0 Å². The standard InChI is InChI=1S/C14H18F2N2O/c1-9-7-11(13(16)8-12(9)15)14(19)18(6-2-5-17)10-3-4-10/h7-8,10H,2-6,17H2,1H3. The van der Waals surface area contributed by atoms with Crippen LogP contribution in [0, 0.1) is 18.6 Å². The Hall–Kier alpha value is -1.49. The minimum atomic E-state index is -0.800. The Morgan fingerprint density at radius 3 is 2.63 bits per heavy atom. The Bertz CT molecular complexity index is 487. The summed E-state index contributed by atoms with van der Waals surface area (Å²) in [4.78, 5) is 14.0. The summed E-state index contributed by atoms with van der Waals surface area (Å²) in [5, 5.41) is 0. The molecule has 1 amide bonds. The molecule has 0 heterocycles. The molecule has 5 heteroatoms. The lowest BCUT2D eigenvalue weighted by atomic mass is 10.1. The summed E-state index contributed by atoms with van der Waals surface area (Å²) < 4.78 is 27.0. The van der Waals surface area contributed by atoms with E-state index < -0.39 is 11.6 Å². The second kappa shape index (κ2) is 5.65. The average molecular weight is 268 g/mol. The van der Waals surface area contributed by atoms with E-state index >= 15 is 0 Å². The number of nitrogens with two attached hydrogens (primary N) is 1. The van der Waals surface area contributed by atoms with Gasteiger partial charge < -0.3 is 10.6 Å². The molecule has 0 radical (unpaired) electrons. The van der Waals surface area contributed by atoms with Crippen LogP contribution in [0.15, 0.2) is 12.1 Å². The van der Waals surface area contributed by atoms with Gasteiger partial charge in [-0.05, 0) is 44.4 Å². The minimum absolute atomic E-state index is 0.0529. The molecule has 1 fully saturated rings. The van der Waals surface area contributed by atoms with Gasteiger partial charge in [0.15, 0.2) is 0 Å². The number of hydrogen-bond donors (Lipinski definition) is 1. The monoisotopic (exact) mass is 268 g/mol. The Morgan fingerprint density at radius 2 is 2.05 bits per heavy atom. The highest BCUT2D eigenvalue weighted by Gasteiger charge is 2.33. The van der Waals surface area contributed by atoms with Crippen molar-refractivity contribution >= 4 is 5.91 Å². The Labute approximate surface area is 111 Å². The maximum absolute atomic E-state index is 13.7. The summed E-state index contributed by atoms with van der Waals surface area (Å²) in [5.41, 5.74) is 5.67. The molecule has 2 rings (SSSR count). The molecule has 1 saturated carbocycles. The van der Waals surface area contributed by atoms with E-state index in [0.29, 0.717) is 19.5 Å². The van der Waals surface area contributed by atoms with Crippen molar-refractivity contribution in [3.05, 3.63) is 34.9 Å². The van der Waals surface area contributed by atoms with Gasteiger partial charge in [0.2, 0.25) is 0 Å². The van der Waals surface area contributed by atoms with Crippen molar-refractivity contribution in [3.8, 4) is 0 Å². The number of carbonyl (C=O) groups is 1. The maximum Gasteiger partial charge on any atom is 0.257 e. The molecule has 3 nitrogen and oxygen atoms in total. The van der Waals surface area contributed by atoms with E-state index in [1.165, 1.54) is 13.0 Å². The first kappa shape index (κ1) is 13.9. The summed E-state index contributed by atoms with van der Waals surface area (Å²) >= 11 is 0. The normalized spacial score (nSPS) is 14.5. The van der Waals surface area contributed by atoms with E-state index in [1.54, 1.807) is 4.90 Å². The van der Waals surface area contributed by atoms with Crippen molar-refractivity contribution in [1.29, 1.82) is 0 Å². The lowest BCUT2D eigenvalue weighted by Gasteiger charge is -2.22. The van der Waals surface area contributed by atoms with Crippen molar-refractivity contribution in [2.45, 2.75) is 32.2 Å². The van der Waals surface area contributed by atoms with E-state index in [9.17, 15) is 13.6 Å².